The molecule has 6 heteroatoms. The average Bonchev–Trinajstić information content (AvgIpc) is 3.75. The number of nitrogens with zero attached hydrogens (tertiary/aromatic N) is 4. The van der Waals surface area contributed by atoms with E-state index in [1.807, 2.05) is 0 Å². The minimum Gasteiger partial charge on any atom is -0.458 e. The van der Waals surface area contributed by atoms with E-state index in [4.69, 9.17) is 4.74 Å². The Morgan fingerprint density at radius 3 is 1.47 bits per heavy atom. The monoisotopic (exact) mass is 894 g/mol. The molecular formula is C64H43BN4O. The number of rotatable bonds is 8. The maximum atomic E-state index is 7.14. The molecule has 0 N–H and O–H groups in total. The molecule has 0 radical (unpaired) electrons. The molecule has 2 aliphatic rings. The topological polar surface area (TPSA) is 23.9 Å². The zero-order valence-corrected chi connectivity index (χ0v) is 38.1. The van der Waals surface area contributed by atoms with Gasteiger partial charge in [-0.25, -0.2) is 0 Å². The fourth-order valence-corrected chi connectivity index (χ4v) is 11.2. The molecule has 0 fully saturated rings. The van der Waals surface area contributed by atoms with E-state index in [2.05, 4.69) is 280 Å². The molecule has 0 aliphatic carbocycles. The van der Waals surface area contributed by atoms with E-state index in [1.54, 1.807) is 0 Å². The third-order valence-electron chi connectivity index (χ3n) is 14.1. The highest BCUT2D eigenvalue weighted by Gasteiger charge is 2.42. The van der Waals surface area contributed by atoms with Crippen molar-refractivity contribution in [2.75, 3.05) is 14.7 Å². The predicted octanol–water partition coefficient (Wildman–Crippen LogP) is 15.3. The summed E-state index contributed by atoms with van der Waals surface area (Å²) in [6, 6.07) is 93.9. The molecule has 5 nitrogen and oxygen atoms in total. The Kier molecular flexibility index (Phi) is 9.24. The Morgan fingerprint density at radius 1 is 0.343 bits per heavy atom. The van der Waals surface area contributed by atoms with Crippen molar-refractivity contribution in [1.29, 1.82) is 0 Å². The maximum absolute atomic E-state index is 7.14. The van der Waals surface area contributed by atoms with Gasteiger partial charge in [0.1, 0.15) is 11.5 Å². The number of ether oxygens (including phenoxy) is 1. The van der Waals surface area contributed by atoms with E-state index in [-0.39, 0.29) is 6.71 Å². The van der Waals surface area contributed by atoms with Crippen LogP contribution in [0, 0.1) is 0 Å². The van der Waals surface area contributed by atoms with Crippen LogP contribution in [0.4, 0.5) is 51.2 Å². The van der Waals surface area contributed by atoms with Gasteiger partial charge in [-0.1, -0.05) is 140 Å². The SMILES string of the molecule is c1ccc(N(c2ccccc2)c2ccc3c(c2)N(c2ccccc2)c2cccc4c2B3c2cc3c(cc2O4)c2ccc4cc(N(c5ccccc5)c5ccccc5)ccc4c2n3-c2ccccc2)cc1. The fraction of sp³-hybridized carbons (Fsp3) is 0. The Labute approximate surface area is 407 Å². The molecule has 2 aliphatic heterocycles. The van der Waals surface area contributed by atoms with Gasteiger partial charge in [-0.05, 0) is 143 Å². The molecule has 1 aromatic heterocycles. The molecule has 0 saturated heterocycles. The lowest BCUT2D eigenvalue weighted by molar-refractivity contribution is 0.488. The molecule has 0 atom stereocenters. The van der Waals surface area contributed by atoms with Crippen LogP contribution in [0.5, 0.6) is 11.5 Å². The molecule has 3 heterocycles. The van der Waals surface area contributed by atoms with Crippen LogP contribution < -0.4 is 35.8 Å². The van der Waals surface area contributed by atoms with Crippen LogP contribution in [0.1, 0.15) is 0 Å². The van der Waals surface area contributed by atoms with Crippen molar-refractivity contribution in [2.45, 2.75) is 0 Å². The Hall–Kier alpha value is -9.26. The van der Waals surface area contributed by atoms with Gasteiger partial charge in [0.15, 0.2) is 0 Å². The largest absolute Gasteiger partial charge is 0.458 e. The van der Waals surface area contributed by atoms with E-state index in [0.717, 1.165) is 90.1 Å². The first-order valence-corrected chi connectivity index (χ1v) is 24.0. The van der Waals surface area contributed by atoms with Gasteiger partial charge in [-0.3, -0.25) is 0 Å². The second-order valence-electron chi connectivity index (χ2n) is 18.1. The normalized spacial score (nSPS) is 12.3. The Bertz CT molecular complexity index is 3840. The third kappa shape index (κ3) is 6.34. The van der Waals surface area contributed by atoms with Crippen molar-refractivity contribution in [3.63, 3.8) is 0 Å². The van der Waals surface area contributed by atoms with Crippen LogP contribution in [0.25, 0.3) is 38.3 Å². The van der Waals surface area contributed by atoms with Crippen molar-refractivity contribution in [1.82, 2.24) is 4.57 Å². The second kappa shape index (κ2) is 16.2. The lowest BCUT2D eigenvalue weighted by atomic mass is 9.34. The summed E-state index contributed by atoms with van der Waals surface area (Å²) in [5.74, 6) is 1.76. The van der Waals surface area contributed by atoms with Crippen LogP contribution >= 0.6 is 0 Å². The van der Waals surface area contributed by atoms with Gasteiger partial charge >= 0.3 is 0 Å². The molecule has 70 heavy (non-hydrogen) atoms. The van der Waals surface area contributed by atoms with Crippen LogP contribution in [0.3, 0.4) is 0 Å². The standard InChI is InChI=1S/C64H43BN4O/c1-7-20-45(21-8-1)66(46-22-9-2-10-23-46)51-35-38-53-44(40-51)34-37-54-55-42-62-57(43-59(55)69(64(53)54)50-30-17-6-18-31-50)65-56-39-36-52(67(47-24-11-3-12-25-47)48-26-13-4-14-27-48)41-60(56)68(49-28-15-5-16-29-49)58-32-19-33-61(70-62)63(58)65/h1-43H. The Balaban J connectivity index is 0.997. The quantitative estimate of drug-likeness (QED) is 0.142. The van der Waals surface area contributed by atoms with E-state index in [0.29, 0.717) is 0 Å². The van der Waals surface area contributed by atoms with E-state index in [1.165, 1.54) is 27.2 Å². The molecule has 0 saturated carbocycles. The molecule has 0 bridgehead atoms. The van der Waals surface area contributed by atoms with Gasteiger partial charge in [0.2, 0.25) is 0 Å². The zero-order chi connectivity index (χ0) is 46.1. The van der Waals surface area contributed by atoms with Crippen LogP contribution in [-0.2, 0) is 0 Å². The molecule has 12 aromatic rings. The number of para-hydroxylation sites is 6. The van der Waals surface area contributed by atoms with Gasteiger partial charge in [0.25, 0.3) is 6.71 Å². The summed E-state index contributed by atoms with van der Waals surface area (Å²) in [7, 11) is 0. The first-order chi connectivity index (χ1) is 34.7. The van der Waals surface area contributed by atoms with Crippen molar-refractivity contribution in [3.05, 3.63) is 261 Å². The van der Waals surface area contributed by atoms with Crippen molar-refractivity contribution in [3.8, 4) is 17.2 Å². The zero-order valence-electron chi connectivity index (χ0n) is 38.1. The lowest BCUT2D eigenvalue weighted by Gasteiger charge is -2.40. The summed E-state index contributed by atoms with van der Waals surface area (Å²) >= 11 is 0. The van der Waals surface area contributed by atoms with Crippen molar-refractivity contribution >= 4 is 107 Å². The van der Waals surface area contributed by atoms with Gasteiger partial charge in [0, 0.05) is 73.0 Å². The predicted molar refractivity (Wildman–Crippen MR) is 294 cm³/mol. The number of hydrogen-bond donors (Lipinski definition) is 0. The third-order valence-corrected chi connectivity index (χ3v) is 14.1. The van der Waals surface area contributed by atoms with Crippen molar-refractivity contribution in [2.24, 2.45) is 0 Å². The highest BCUT2D eigenvalue weighted by atomic mass is 16.5. The number of anilines is 9. The maximum Gasteiger partial charge on any atom is 0.256 e. The molecule has 328 valence electrons. The molecule has 11 aromatic carbocycles. The Morgan fingerprint density at radius 2 is 0.871 bits per heavy atom. The number of hydrogen-bond acceptors (Lipinski definition) is 4. The highest BCUT2D eigenvalue weighted by molar-refractivity contribution is 6.99. The van der Waals surface area contributed by atoms with Crippen molar-refractivity contribution < 1.29 is 4.74 Å². The molecule has 14 rings (SSSR count). The van der Waals surface area contributed by atoms with Gasteiger partial charge < -0.3 is 24.0 Å². The lowest BCUT2D eigenvalue weighted by Crippen LogP contribution is -2.59. The number of fused-ring (bicyclic) bond motifs is 9. The smallest absolute Gasteiger partial charge is 0.256 e. The molecular weight excluding hydrogens is 852 g/mol. The van der Waals surface area contributed by atoms with E-state index in [9.17, 15) is 0 Å². The van der Waals surface area contributed by atoms with E-state index < -0.39 is 0 Å². The average molecular weight is 895 g/mol. The fourth-order valence-electron chi connectivity index (χ4n) is 11.2. The number of benzene rings is 11. The summed E-state index contributed by atoms with van der Waals surface area (Å²) in [6.45, 7) is -0.103. The van der Waals surface area contributed by atoms with Crippen LogP contribution in [0.15, 0.2) is 261 Å². The first-order valence-electron chi connectivity index (χ1n) is 24.0. The minimum atomic E-state index is -0.103. The van der Waals surface area contributed by atoms with Gasteiger partial charge in [0.05, 0.1) is 11.0 Å². The van der Waals surface area contributed by atoms with Crippen LogP contribution in [0.2, 0.25) is 0 Å². The molecule has 0 spiro atoms. The first kappa shape index (κ1) is 39.9. The summed E-state index contributed by atoms with van der Waals surface area (Å²) < 4.78 is 9.61. The minimum absolute atomic E-state index is 0.103. The summed E-state index contributed by atoms with van der Waals surface area (Å²) in [6.07, 6.45) is 0. The van der Waals surface area contributed by atoms with Gasteiger partial charge in [-0.15, -0.1) is 0 Å². The van der Waals surface area contributed by atoms with Crippen LogP contribution in [-0.4, -0.2) is 11.3 Å². The van der Waals surface area contributed by atoms with E-state index >= 15 is 0 Å². The molecule has 0 amide bonds. The second-order valence-corrected chi connectivity index (χ2v) is 18.1. The summed E-state index contributed by atoms with van der Waals surface area (Å²) in [5, 5.41) is 4.68. The highest BCUT2D eigenvalue weighted by Crippen LogP contribution is 2.46. The summed E-state index contributed by atoms with van der Waals surface area (Å²) in [4.78, 5) is 7.11. The number of aromatic nitrogens is 1. The van der Waals surface area contributed by atoms with Gasteiger partial charge in [-0.2, -0.15) is 0 Å². The summed E-state index contributed by atoms with van der Waals surface area (Å²) in [5.41, 5.74) is 16.9. The molecule has 0 unspecified atom stereocenters.